The predicted molar refractivity (Wildman–Crippen MR) is 119 cm³/mol. The van der Waals surface area contributed by atoms with Crippen LogP contribution in [-0.2, 0) is 0 Å². The van der Waals surface area contributed by atoms with E-state index in [4.69, 9.17) is 0 Å². The van der Waals surface area contributed by atoms with Crippen LogP contribution in [0.1, 0.15) is 51.8 Å². The van der Waals surface area contributed by atoms with Gasteiger partial charge in [-0.1, -0.05) is 6.07 Å². The molecule has 4 rings (SSSR count). The highest BCUT2D eigenvalue weighted by Crippen LogP contribution is 2.29. The molecule has 0 bridgehead atoms. The number of hydrogen-bond donors (Lipinski definition) is 1. The minimum atomic E-state index is -0.183. The lowest BCUT2D eigenvalue weighted by atomic mass is 10.0. The van der Waals surface area contributed by atoms with Gasteiger partial charge in [-0.15, -0.1) is 22.7 Å². The van der Waals surface area contributed by atoms with Gasteiger partial charge >= 0.3 is 0 Å². The molecule has 5 nitrogen and oxygen atoms in total. The number of aryl methyl sites for hydroxylation is 1. The molecule has 0 aliphatic carbocycles. The van der Waals surface area contributed by atoms with E-state index in [-0.39, 0.29) is 17.9 Å². The van der Waals surface area contributed by atoms with E-state index in [0.717, 1.165) is 34.8 Å². The zero-order chi connectivity index (χ0) is 20.4. The molecule has 1 unspecified atom stereocenters. The van der Waals surface area contributed by atoms with Crippen LogP contribution in [0.15, 0.2) is 41.9 Å². The highest BCUT2D eigenvalue weighted by molar-refractivity contribution is 7.22. The highest BCUT2D eigenvalue weighted by atomic mass is 32.1. The van der Waals surface area contributed by atoms with Crippen LogP contribution in [0.2, 0.25) is 0 Å². The first-order valence-electron chi connectivity index (χ1n) is 9.75. The van der Waals surface area contributed by atoms with Gasteiger partial charge in [-0.05, 0) is 68.3 Å². The maximum Gasteiger partial charge on any atom is 0.267 e. The Morgan fingerprint density at radius 2 is 2.10 bits per heavy atom. The van der Waals surface area contributed by atoms with E-state index in [1.54, 1.807) is 23.6 Å². The maximum absolute atomic E-state index is 12.9. The topological polar surface area (TPSA) is 62.3 Å². The van der Waals surface area contributed by atoms with Gasteiger partial charge in [0.2, 0.25) is 0 Å². The third-order valence-electron chi connectivity index (χ3n) is 5.25. The number of nitrogens with zero attached hydrogens (tertiary/aromatic N) is 2. The second kappa shape index (κ2) is 8.47. The van der Waals surface area contributed by atoms with E-state index in [9.17, 15) is 9.59 Å². The Labute approximate surface area is 178 Å². The summed E-state index contributed by atoms with van der Waals surface area (Å²) in [5.74, 6) is -0.113. The first kappa shape index (κ1) is 19.8. The number of anilines is 1. The molecule has 1 fully saturated rings. The number of rotatable bonds is 4. The van der Waals surface area contributed by atoms with Crippen molar-refractivity contribution >= 4 is 40.2 Å². The number of likely N-dealkylation sites (tertiary alicyclic amines) is 1. The summed E-state index contributed by atoms with van der Waals surface area (Å²) >= 11 is 2.98. The summed E-state index contributed by atoms with van der Waals surface area (Å²) < 4.78 is 0. The second-order valence-corrected chi connectivity index (χ2v) is 9.31. The van der Waals surface area contributed by atoms with Crippen molar-refractivity contribution in [3.63, 3.8) is 0 Å². The summed E-state index contributed by atoms with van der Waals surface area (Å²) in [7, 11) is 0. The number of thiazole rings is 1. The third kappa shape index (κ3) is 4.26. The Hall–Kier alpha value is -2.51. The Balaban J connectivity index is 1.47. The first-order chi connectivity index (χ1) is 14.0. The Kier molecular flexibility index (Phi) is 5.78. The molecule has 1 saturated heterocycles. The third-order valence-corrected chi connectivity index (χ3v) is 7.28. The zero-order valence-corrected chi connectivity index (χ0v) is 18.1. The van der Waals surface area contributed by atoms with Crippen molar-refractivity contribution in [3.05, 3.63) is 57.9 Å². The second-order valence-electron chi connectivity index (χ2n) is 7.33. The molecule has 0 spiro atoms. The standard InChI is InChI=1S/C22H23N3O2S2/c1-14-12-16(22(27)25-10-4-3-6-15(25)2)8-9-17(14)24-20(26)19-13-23-21(29-19)18-7-5-11-28-18/h5,7-9,11-13,15H,3-4,6,10H2,1-2H3,(H,24,26). The molecule has 2 aromatic heterocycles. The van der Waals surface area contributed by atoms with Gasteiger partial charge in [0, 0.05) is 23.8 Å². The quantitative estimate of drug-likeness (QED) is 0.605. The molecule has 0 saturated carbocycles. The molecule has 1 atom stereocenters. The van der Waals surface area contributed by atoms with Crippen LogP contribution in [-0.4, -0.2) is 34.3 Å². The van der Waals surface area contributed by atoms with Crippen molar-refractivity contribution in [2.24, 2.45) is 0 Å². The molecule has 2 amide bonds. The molecule has 1 N–H and O–H groups in total. The lowest BCUT2D eigenvalue weighted by Crippen LogP contribution is -2.42. The van der Waals surface area contributed by atoms with Crippen LogP contribution in [0.3, 0.4) is 0 Å². The van der Waals surface area contributed by atoms with Crippen molar-refractivity contribution in [2.75, 3.05) is 11.9 Å². The van der Waals surface area contributed by atoms with E-state index in [1.165, 1.54) is 17.8 Å². The average molecular weight is 426 g/mol. The number of nitrogens with one attached hydrogen (secondary N) is 1. The van der Waals surface area contributed by atoms with Crippen molar-refractivity contribution in [2.45, 2.75) is 39.2 Å². The number of thiophene rings is 1. The first-order valence-corrected chi connectivity index (χ1v) is 11.4. The van der Waals surface area contributed by atoms with Crippen molar-refractivity contribution in [1.29, 1.82) is 0 Å². The molecular weight excluding hydrogens is 402 g/mol. The molecule has 3 heterocycles. The van der Waals surface area contributed by atoms with Crippen LogP contribution in [0, 0.1) is 6.92 Å². The van der Waals surface area contributed by atoms with Crippen LogP contribution < -0.4 is 5.32 Å². The van der Waals surface area contributed by atoms with E-state index in [0.29, 0.717) is 16.1 Å². The predicted octanol–water partition coefficient (Wildman–Crippen LogP) is 5.45. The van der Waals surface area contributed by atoms with Gasteiger partial charge in [-0.2, -0.15) is 0 Å². The van der Waals surface area contributed by atoms with E-state index in [1.807, 2.05) is 41.5 Å². The maximum atomic E-state index is 12.9. The number of aromatic nitrogens is 1. The van der Waals surface area contributed by atoms with E-state index < -0.39 is 0 Å². The zero-order valence-electron chi connectivity index (χ0n) is 16.5. The van der Waals surface area contributed by atoms with Crippen LogP contribution in [0.25, 0.3) is 9.88 Å². The molecule has 3 aromatic rings. The number of hydrogen-bond acceptors (Lipinski definition) is 5. The summed E-state index contributed by atoms with van der Waals surface area (Å²) in [6.45, 7) is 4.84. The summed E-state index contributed by atoms with van der Waals surface area (Å²) in [4.78, 5) is 33.4. The number of carbonyl (C=O) groups is 2. The SMILES string of the molecule is Cc1cc(C(=O)N2CCCCC2C)ccc1NC(=O)c1cnc(-c2cccs2)s1. The Morgan fingerprint density at radius 3 is 2.83 bits per heavy atom. The van der Waals surface area contributed by atoms with Gasteiger partial charge in [0.25, 0.3) is 11.8 Å². The summed E-state index contributed by atoms with van der Waals surface area (Å²) in [5.41, 5.74) is 2.26. The van der Waals surface area contributed by atoms with E-state index >= 15 is 0 Å². The van der Waals surface area contributed by atoms with Gasteiger partial charge in [-0.25, -0.2) is 4.98 Å². The molecule has 1 aliphatic heterocycles. The average Bonchev–Trinajstić information content (AvgIpc) is 3.41. The summed E-state index contributed by atoms with van der Waals surface area (Å²) in [6.07, 6.45) is 4.91. The summed E-state index contributed by atoms with van der Waals surface area (Å²) in [5, 5.41) is 5.79. The van der Waals surface area contributed by atoms with Gasteiger partial charge in [0.1, 0.15) is 9.88 Å². The fraction of sp³-hybridized carbons (Fsp3) is 0.318. The molecule has 29 heavy (non-hydrogen) atoms. The highest BCUT2D eigenvalue weighted by Gasteiger charge is 2.24. The van der Waals surface area contributed by atoms with Crippen molar-refractivity contribution in [3.8, 4) is 9.88 Å². The van der Waals surface area contributed by atoms with Gasteiger partial charge in [0.15, 0.2) is 0 Å². The largest absolute Gasteiger partial charge is 0.336 e. The molecule has 7 heteroatoms. The fourth-order valence-corrected chi connectivity index (χ4v) is 5.19. The summed E-state index contributed by atoms with van der Waals surface area (Å²) in [6, 6.07) is 9.72. The van der Waals surface area contributed by atoms with Crippen LogP contribution in [0.4, 0.5) is 5.69 Å². The monoisotopic (exact) mass is 425 g/mol. The van der Waals surface area contributed by atoms with E-state index in [2.05, 4.69) is 17.2 Å². The van der Waals surface area contributed by atoms with Gasteiger partial charge < -0.3 is 10.2 Å². The minimum absolute atomic E-state index is 0.0706. The van der Waals surface area contributed by atoms with Crippen LogP contribution in [0.5, 0.6) is 0 Å². The van der Waals surface area contributed by atoms with Crippen LogP contribution >= 0.6 is 22.7 Å². The molecular formula is C22H23N3O2S2. The van der Waals surface area contributed by atoms with Crippen molar-refractivity contribution < 1.29 is 9.59 Å². The molecule has 0 radical (unpaired) electrons. The van der Waals surface area contributed by atoms with Crippen molar-refractivity contribution in [1.82, 2.24) is 9.88 Å². The number of carbonyl (C=O) groups excluding carboxylic acids is 2. The number of benzene rings is 1. The Bertz CT molecular complexity index is 1030. The van der Waals surface area contributed by atoms with Gasteiger partial charge in [0.05, 0.1) is 11.1 Å². The molecule has 1 aliphatic rings. The number of amides is 2. The normalized spacial score (nSPS) is 16.6. The smallest absolute Gasteiger partial charge is 0.267 e. The lowest BCUT2D eigenvalue weighted by molar-refractivity contribution is 0.0635. The molecule has 150 valence electrons. The lowest BCUT2D eigenvalue weighted by Gasteiger charge is -2.33. The number of piperidine rings is 1. The van der Waals surface area contributed by atoms with Gasteiger partial charge in [-0.3, -0.25) is 9.59 Å². The fourth-order valence-electron chi connectivity index (χ4n) is 3.58. The minimum Gasteiger partial charge on any atom is -0.336 e. The Morgan fingerprint density at radius 1 is 1.24 bits per heavy atom. The molecule has 1 aromatic carbocycles.